The predicted octanol–water partition coefficient (Wildman–Crippen LogP) is 3.77. The molecule has 3 nitrogen and oxygen atoms in total. The number of ether oxygens (including phenoxy) is 1. The van der Waals surface area contributed by atoms with Crippen LogP contribution in [0.1, 0.15) is 24.5 Å². The molecule has 0 saturated heterocycles. The second-order valence-corrected chi connectivity index (χ2v) is 5.11. The lowest BCUT2D eigenvalue weighted by molar-refractivity contribution is 0.279. The summed E-state index contributed by atoms with van der Waals surface area (Å²) in [5.41, 5.74) is 3.04. The molecule has 1 aromatic carbocycles. The minimum absolute atomic E-state index is 0.114. The molecule has 1 unspecified atom stereocenters. The van der Waals surface area contributed by atoms with Gasteiger partial charge < -0.3 is 4.74 Å². The molecule has 1 heterocycles. The zero-order valence-corrected chi connectivity index (χ0v) is 11.2. The Labute approximate surface area is 116 Å². The average Bonchev–Trinajstić information content (AvgIpc) is 2.75. The minimum atomic E-state index is 0.114. The Morgan fingerprint density at radius 2 is 2.32 bits per heavy atom. The normalized spacial score (nSPS) is 20.4. The van der Waals surface area contributed by atoms with Crippen molar-refractivity contribution in [3.8, 4) is 5.75 Å². The SMILES string of the molecule is C/C(Cl)=N\C(=N)c1ccc2c(c1)OC1CC=CC=C21. The molecular formula is C15H13ClN2O. The van der Waals surface area contributed by atoms with Crippen molar-refractivity contribution in [2.24, 2.45) is 4.99 Å². The van der Waals surface area contributed by atoms with Crippen LogP contribution in [0.25, 0.3) is 5.57 Å². The molecule has 0 amide bonds. The maximum absolute atomic E-state index is 7.87. The zero-order chi connectivity index (χ0) is 13.4. The smallest absolute Gasteiger partial charge is 0.153 e. The van der Waals surface area contributed by atoms with Crippen LogP contribution in [0, 0.1) is 5.41 Å². The molecule has 96 valence electrons. The van der Waals surface area contributed by atoms with Crippen molar-refractivity contribution in [3.05, 3.63) is 47.6 Å². The average molecular weight is 273 g/mol. The molecule has 0 spiro atoms. The number of hydrogen-bond acceptors (Lipinski definition) is 2. The van der Waals surface area contributed by atoms with Crippen LogP contribution < -0.4 is 4.74 Å². The molecule has 19 heavy (non-hydrogen) atoms. The van der Waals surface area contributed by atoms with Crippen LogP contribution in [-0.2, 0) is 0 Å². The molecule has 0 saturated carbocycles. The van der Waals surface area contributed by atoms with Gasteiger partial charge in [0, 0.05) is 23.1 Å². The monoisotopic (exact) mass is 272 g/mol. The van der Waals surface area contributed by atoms with Gasteiger partial charge in [0.25, 0.3) is 0 Å². The Bertz CT molecular complexity index is 640. The van der Waals surface area contributed by atoms with Crippen molar-refractivity contribution in [2.75, 3.05) is 0 Å². The first-order valence-electron chi connectivity index (χ1n) is 6.12. The summed E-state index contributed by atoms with van der Waals surface area (Å²) in [5, 5.41) is 8.22. The molecule has 0 fully saturated rings. The minimum Gasteiger partial charge on any atom is -0.485 e. The summed E-state index contributed by atoms with van der Waals surface area (Å²) in [6.07, 6.45) is 7.26. The lowest BCUT2D eigenvalue weighted by atomic mass is 9.96. The summed E-state index contributed by atoms with van der Waals surface area (Å²) in [6, 6.07) is 5.73. The summed E-state index contributed by atoms with van der Waals surface area (Å²) in [6.45, 7) is 1.66. The second kappa shape index (κ2) is 4.67. The third kappa shape index (κ3) is 2.22. The standard InChI is InChI=1S/C15H13ClN2O/c1-9(16)18-15(17)10-6-7-12-11-4-2-3-5-13(11)19-14(12)8-10/h2-4,6-8,13,17H,5H2,1H3/b17-15?,18-9+. The lowest BCUT2D eigenvalue weighted by Gasteiger charge is -2.12. The van der Waals surface area contributed by atoms with E-state index in [-0.39, 0.29) is 11.9 Å². The van der Waals surface area contributed by atoms with E-state index in [1.54, 1.807) is 6.92 Å². The number of halogens is 1. The van der Waals surface area contributed by atoms with Crippen LogP contribution in [0.3, 0.4) is 0 Å². The highest BCUT2D eigenvalue weighted by molar-refractivity contribution is 6.65. The fourth-order valence-electron chi connectivity index (χ4n) is 2.36. The predicted molar refractivity (Wildman–Crippen MR) is 78.4 cm³/mol. The lowest BCUT2D eigenvalue weighted by Crippen LogP contribution is -2.12. The largest absolute Gasteiger partial charge is 0.485 e. The van der Waals surface area contributed by atoms with Gasteiger partial charge >= 0.3 is 0 Å². The molecule has 3 rings (SSSR count). The van der Waals surface area contributed by atoms with E-state index in [1.807, 2.05) is 18.2 Å². The number of benzene rings is 1. The number of hydrogen-bond donors (Lipinski definition) is 1. The van der Waals surface area contributed by atoms with E-state index in [9.17, 15) is 0 Å². The summed E-state index contributed by atoms with van der Waals surface area (Å²) < 4.78 is 5.91. The van der Waals surface area contributed by atoms with Crippen LogP contribution in [0.4, 0.5) is 0 Å². The number of amidine groups is 1. The molecule has 1 N–H and O–H groups in total. The van der Waals surface area contributed by atoms with Crippen molar-refractivity contribution in [3.63, 3.8) is 0 Å². The summed E-state index contributed by atoms with van der Waals surface area (Å²) in [4.78, 5) is 3.95. The fourth-order valence-corrected chi connectivity index (χ4v) is 2.44. The van der Waals surface area contributed by atoms with Crippen molar-refractivity contribution in [1.29, 1.82) is 5.41 Å². The molecule has 1 atom stereocenters. The maximum atomic E-state index is 7.87. The molecular weight excluding hydrogens is 260 g/mol. The van der Waals surface area contributed by atoms with Crippen molar-refractivity contribution >= 4 is 28.2 Å². The number of aliphatic imine (C=N–C) groups is 1. The van der Waals surface area contributed by atoms with Crippen molar-refractivity contribution in [2.45, 2.75) is 19.4 Å². The Morgan fingerprint density at radius 1 is 1.47 bits per heavy atom. The van der Waals surface area contributed by atoms with E-state index in [0.717, 1.165) is 17.7 Å². The van der Waals surface area contributed by atoms with Crippen LogP contribution in [0.15, 0.2) is 41.4 Å². The molecule has 0 bridgehead atoms. The van der Waals surface area contributed by atoms with Gasteiger partial charge in [-0.15, -0.1) is 0 Å². The molecule has 1 aromatic rings. The van der Waals surface area contributed by atoms with Crippen LogP contribution in [0.2, 0.25) is 0 Å². The summed E-state index contributed by atoms with van der Waals surface area (Å²) in [5.74, 6) is 0.977. The van der Waals surface area contributed by atoms with Gasteiger partial charge in [0.15, 0.2) is 5.84 Å². The molecule has 1 aliphatic carbocycles. The van der Waals surface area contributed by atoms with E-state index in [1.165, 1.54) is 5.57 Å². The van der Waals surface area contributed by atoms with Crippen LogP contribution in [0.5, 0.6) is 5.75 Å². The van der Waals surface area contributed by atoms with Gasteiger partial charge in [-0.2, -0.15) is 0 Å². The number of nitrogens with one attached hydrogen (secondary N) is 1. The Balaban J connectivity index is 1.97. The van der Waals surface area contributed by atoms with Gasteiger partial charge in [-0.25, -0.2) is 4.99 Å². The number of allylic oxidation sites excluding steroid dienone is 2. The first-order valence-corrected chi connectivity index (χ1v) is 6.50. The number of rotatable bonds is 1. The third-order valence-electron chi connectivity index (χ3n) is 3.21. The quantitative estimate of drug-likeness (QED) is 0.614. The van der Waals surface area contributed by atoms with Gasteiger partial charge in [0.1, 0.15) is 17.0 Å². The van der Waals surface area contributed by atoms with E-state index in [2.05, 4.69) is 23.2 Å². The van der Waals surface area contributed by atoms with Gasteiger partial charge in [0.05, 0.1) is 0 Å². The van der Waals surface area contributed by atoms with Crippen LogP contribution in [-0.4, -0.2) is 17.1 Å². The van der Waals surface area contributed by atoms with E-state index in [4.69, 9.17) is 21.7 Å². The zero-order valence-electron chi connectivity index (χ0n) is 10.5. The first kappa shape index (κ1) is 12.2. The van der Waals surface area contributed by atoms with Gasteiger partial charge in [0.2, 0.25) is 0 Å². The third-order valence-corrected chi connectivity index (χ3v) is 3.29. The Morgan fingerprint density at radius 3 is 3.11 bits per heavy atom. The van der Waals surface area contributed by atoms with Gasteiger partial charge in [-0.3, -0.25) is 5.41 Å². The van der Waals surface area contributed by atoms with E-state index >= 15 is 0 Å². The second-order valence-electron chi connectivity index (χ2n) is 4.56. The maximum Gasteiger partial charge on any atom is 0.153 e. The summed E-state index contributed by atoms with van der Waals surface area (Å²) >= 11 is 5.70. The highest BCUT2D eigenvalue weighted by Crippen LogP contribution is 2.40. The highest BCUT2D eigenvalue weighted by Gasteiger charge is 2.28. The van der Waals surface area contributed by atoms with Gasteiger partial charge in [-0.1, -0.05) is 42.0 Å². The fraction of sp³-hybridized carbons (Fsp3) is 0.200. The number of nitrogens with zero attached hydrogens (tertiary/aromatic N) is 1. The van der Waals surface area contributed by atoms with Crippen LogP contribution >= 0.6 is 11.6 Å². The molecule has 2 aliphatic rings. The van der Waals surface area contributed by atoms with Gasteiger partial charge in [-0.05, 0) is 13.0 Å². The molecule has 0 radical (unpaired) electrons. The number of fused-ring (bicyclic) bond motifs is 3. The summed E-state index contributed by atoms with van der Waals surface area (Å²) in [7, 11) is 0. The van der Waals surface area contributed by atoms with E-state index in [0.29, 0.717) is 10.7 Å². The van der Waals surface area contributed by atoms with Crippen molar-refractivity contribution in [1.82, 2.24) is 0 Å². The van der Waals surface area contributed by atoms with E-state index < -0.39 is 0 Å². The Hall–Kier alpha value is -1.87. The highest BCUT2D eigenvalue weighted by atomic mass is 35.5. The van der Waals surface area contributed by atoms with Crippen molar-refractivity contribution < 1.29 is 4.74 Å². The molecule has 0 aromatic heterocycles. The topological polar surface area (TPSA) is 45.4 Å². The first-order chi connectivity index (χ1) is 9.15. The Kier molecular flexibility index (Phi) is 2.99. The molecule has 1 aliphatic heterocycles. The molecule has 4 heteroatoms.